The molecule has 5 heteroatoms. The van der Waals surface area contributed by atoms with Crippen molar-refractivity contribution in [3.8, 4) is 11.5 Å². The number of likely N-dealkylation sites (N-methyl/N-ethyl adjacent to an activating group) is 1. The third-order valence-electron chi connectivity index (χ3n) is 2.32. The Balaban J connectivity index is 2.72. The maximum absolute atomic E-state index is 11.3. The molecule has 1 amide bonds. The average molecular weight is 265 g/mol. The van der Waals surface area contributed by atoms with Crippen LogP contribution in [0.3, 0.4) is 0 Å². The van der Waals surface area contributed by atoms with E-state index in [0.717, 1.165) is 6.42 Å². The number of hydrogen-bond acceptors (Lipinski definition) is 4. The minimum Gasteiger partial charge on any atom is -0.493 e. The van der Waals surface area contributed by atoms with Gasteiger partial charge in [-0.3, -0.25) is 9.59 Å². The molecule has 1 aromatic carbocycles. The molecular weight excluding hydrogens is 246 g/mol. The Morgan fingerprint density at radius 3 is 2.74 bits per heavy atom. The van der Waals surface area contributed by atoms with Crippen LogP contribution < -0.4 is 14.8 Å². The fourth-order valence-electron chi connectivity index (χ4n) is 1.44. The maximum atomic E-state index is 11.3. The zero-order valence-electron chi connectivity index (χ0n) is 11.3. The van der Waals surface area contributed by atoms with Crippen molar-refractivity contribution in [3.63, 3.8) is 0 Å². The minimum atomic E-state index is -0.223. The molecule has 0 unspecified atom stereocenters. The largest absolute Gasteiger partial charge is 0.493 e. The standard InChI is InChI=1S/C14H19NO4/c1-3-7-18-12-6-5-11(9-16)13(8-12)19-10-14(17)15-4-2/h5-6,8-9H,3-4,7,10H2,1-2H3,(H,15,17). The van der Waals surface area contributed by atoms with Gasteiger partial charge < -0.3 is 14.8 Å². The van der Waals surface area contributed by atoms with E-state index in [1.165, 1.54) is 0 Å². The molecule has 0 aliphatic rings. The zero-order valence-corrected chi connectivity index (χ0v) is 11.3. The summed E-state index contributed by atoms with van der Waals surface area (Å²) in [5, 5.41) is 2.62. The summed E-state index contributed by atoms with van der Waals surface area (Å²) in [4.78, 5) is 22.2. The van der Waals surface area contributed by atoms with Gasteiger partial charge in [-0.05, 0) is 25.5 Å². The van der Waals surface area contributed by atoms with E-state index in [0.29, 0.717) is 36.5 Å². The molecule has 0 atom stereocenters. The Morgan fingerprint density at radius 1 is 1.32 bits per heavy atom. The van der Waals surface area contributed by atoms with Gasteiger partial charge in [-0.1, -0.05) is 6.92 Å². The number of rotatable bonds is 8. The second-order valence-corrected chi connectivity index (χ2v) is 3.91. The molecule has 0 aliphatic heterocycles. The summed E-state index contributed by atoms with van der Waals surface area (Å²) < 4.78 is 10.8. The first kappa shape index (κ1) is 15.0. The number of benzene rings is 1. The van der Waals surface area contributed by atoms with E-state index in [1.807, 2.05) is 13.8 Å². The van der Waals surface area contributed by atoms with Crippen LogP contribution in [0.2, 0.25) is 0 Å². The van der Waals surface area contributed by atoms with Crippen LogP contribution >= 0.6 is 0 Å². The average Bonchev–Trinajstić information content (AvgIpc) is 2.43. The lowest BCUT2D eigenvalue weighted by Crippen LogP contribution is -2.28. The van der Waals surface area contributed by atoms with E-state index in [-0.39, 0.29) is 12.5 Å². The molecule has 0 saturated heterocycles. The van der Waals surface area contributed by atoms with Crippen molar-refractivity contribution in [3.05, 3.63) is 23.8 Å². The van der Waals surface area contributed by atoms with Gasteiger partial charge in [-0.25, -0.2) is 0 Å². The van der Waals surface area contributed by atoms with Crippen LogP contribution in [-0.2, 0) is 4.79 Å². The molecular formula is C14H19NO4. The highest BCUT2D eigenvalue weighted by Crippen LogP contribution is 2.23. The first-order valence-electron chi connectivity index (χ1n) is 6.32. The Bertz CT molecular complexity index is 431. The third-order valence-corrected chi connectivity index (χ3v) is 2.32. The van der Waals surface area contributed by atoms with Gasteiger partial charge >= 0.3 is 0 Å². The highest BCUT2D eigenvalue weighted by Gasteiger charge is 2.08. The van der Waals surface area contributed by atoms with Crippen molar-refractivity contribution in [2.75, 3.05) is 19.8 Å². The van der Waals surface area contributed by atoms with Crippen LogP contribution in [-0.4, -0.2) is 32.0 Å². The van der Waals surface area contributed by atoms with Gasteiger partial charge in [-0.2, -0.15) is 0 Å². The van der Waals surface area contributed by atoms with Gasteiger partial charge in [0.05, 0.1) is 12.2 Å². The van der Waals surface area contributed by atoms with Crippen molar-refractivity contribution in [2.45, 2.75) is 20.3 Å². The quantitative estimate of drug-likeness (QED) is 0.728. The van der Waals surface area contributed by atoms with E-state index in [1.54, 1.807) is 18.2 Å². The predicted molar refractivity (Wildman–Crippen MR) is 71.8 cm³/mol. The van der Waals surface area contributed by atoms with Crippen LogP contribution in [0.15, 0.2) is 18.2 Å². The van der Waals surface area contributed by atoms with E-state index in [4.69, 9.17) is 9.47 Å². The Kier molecular flexibility index (Phi) is 6.43. The normalized spacial score (nSPS) is 9.79. The Labute approximate surface area is 112 Å². The number of amides is 1. The van der Waals surface area contributed by atoms with Crippen molar-refractivity contribution >= 4 is 12.2 Å². The van der Waals surface area contributed by atoms with Crippen LogP contribution in [0.5, 0.6) is 11.5 Å². The maximum Gasteiger partial charge on any atom is 0.257 e. The summed E-state index contributed by atoms with van der Waals surface area (Å²) in [5.74, 6) is 0.757. The van der Waals surface area contributed by atoms with Crippen LogP contribution in [0, 0.1) is 0 Å². The van der Waals surface area contributed by atoms with Crippen molar-refractivity contribution in [1.29, 1.82) is 0 Å². The SMILES string of the molecule is CCCOc1ccc(C=O)c(OCC(=O)NCC)c1. The van der Waals surface area contributed by atoms with E-state index in [2.05, 4.69) is 5.32 Å². The van der Waals surface area contributed by atoms with E-state index in [9.17, 15) is 9.59 Å². The van der Waals surface area contributed by atoms with E-state index < -0.39 is 0 Å². The minimum absolute atomic E-state index is 0.119. The van der Waals surface area contributed by atoms with Gasteiger partial charge in [0.25, 0.3) is 5.91 Å². The zero-order chi connectivity index (χ0) is 14.1. The second-order valence-electron chi connectivity index (χ2n) is 3.91. The van der Waals surface area contributed by atoms with Crippen molar-refractivity contribution in [2.24, 2.45) is 0 Å². The monoisotopic (exact) mass is 265 g/mol. The summed E-state index contributed by atoms with van der Waals surface area (Å²) in [6, 6.07) is 4.95. The molecule has 0 fully saturated rings. The van der Waals surface area contributed by atoms with Gasteiger partial charge in [0, 0.05) is 12.6 Å². The molecule has 1 rings (SSSR count). The van der Waals surface area contributed by atoms with Crippen LogP contribution in [0.1, 0.15) is 30.6 Å². The molecule has 0 radical (unpaired) electrons. The van der Waals surface area contributed by atoms with Crippen molar-refractivity contribution < 1.29 is 19.1 Å². The summed E-state index contributed by atoms with van der Waals surface area (Å²) >= 11 is 0. The number of nitrogens with one attached hydrogen (secondary N) is 1. The molecule has 0 aliphatic carbocycles. The molecule has 0 aromatic heterocycles. The lowest BCUT2D eigenvalue weighted by molar-refractivity contribution is -0.123. The molecule has 0 saturated carbocycles. The first-order chi connectivity index (χ1) is 9.21. The fraction of sp³-hybridized carbons (Fsp3) is 0.429. The molecule has 0 heterocycles. The molecule has 1 aromatic rings. The van der Waals surface area contributed by atoms with E-state index >= 15 is 0 Å². The predicted octanol–water partition coefficient (Wildman–Crippen LogP) is 1.80. The molecule has 5 nitrogen and oxygen atoms in total. The summed E-state index contributed by atoms with van der Waals surface area (Å²) in [7, 11) is 0. The van der Waals surface area contributed by atoms with Gasteiger partial charge in [-0.15, -0.1) is 0 Å². The van der Waals surface area contributed by atoms with Crippen LogP contribution in [0.4, 0.5) is 0 Å². The Morgan fingerprint density at radius 2 is 2.11 bits per heavy atom. The third kappa shape index (κ3) is 4.99. The lowest BCUT2D eigenvalue weighted by atomic mass is 10.2. The number of ether oxygens (including phenoxy) is 2. The molecule has 0 spiro atoms. The topological polar surface area (TPSA) is 64.6 Å². The summed E-state index contributed by atoms with van der Waals surface area (Å²) in [6.45, 7) is 4.85. The number of carbonyl (C=O) groups excluding carboxylic acids is 2. The van der Waals surface area contributed by atoms with Gasteiger partial charge in [0.15, 0.2) is 12.9 Å². The van der Waals surface area contributed by atoms with Crippen molar-refractivity contribution in [1.82, 2.24) is 5.32 Å². The summed E-state index contributed by atoms with van der Waals surface area (Å²) in [6.07, 6.45) is 1.58. The van der Waals surface area contributed by atoms with Gasteiger partial charge in [0.1, 0.15) is 11.5 Å². The molecule has 104 valence electrons. The Hall–Kier alpha value is -2.04. The second kappa shape index (κ2) is 8.13. The molecule has 0 bridgehead atoms. The van der Waals surface area contributed by atoms with Gasteiger partial charge in [0.2, 0.25) is 0 Å². The fourth-order valence-corrected chi connectivity index (χ4v) is 1.44. The molecule has 1 N–H and O–H groups in total. The highest BCUT2D eigenvalue weighted by atomic mass is 16.5. The summed E-state index contributed by atoms with van der Waals surface area (Å²) in [5.41, 5.74) is 0.396. The smallest absolute Gasteiger partial charge is 0.257 e. The lowest BCUT2D eigenvalue weighted by Gasteiger charge is -2.11. The number of carbonyl (C=O) groups is 2. The first-order valence-corrected chi connectivity index (χ1v) is 6.32. The number of aldehydes is 1. The number of hydrogen-bond donors (Lipinski definition) is 1. The molecule has 19 heavy (non-hydrogen) atoms. The highest BCUT2D eigenvalue weighted by molar-refractivity contribution is 5.81. The van der Waals surface area contributed by atoms with Crippen LogP contribution in [0.25, 0.3) is 0 Å².